The molecule has 214 valence electrons. The van der Waals surface area contributed by atoms with E-state index < -0.39 is 29.9 Å². The van der Waals surface area contributed by atoms with Gasteiger partial charge < -0.3 is 28.8 Å². The molecule has 5 rings (SSSR count). The quantitative estimate of drug-likeness (QED) is 0.203. The number of methoxy groups -OCH3 is 1. The van der Waals surface area contributed by atoms with Crippen molar-refractivity contribution in [3.05, 3.63) is 132 Å². The van der Waals surface area contributed by atoms with Crippen molar-refractivity contribution >= 4 is 11.8 Å². The fourth-order valence-corrected chi connectivity index (χ4v) is 5.92. The topological polar surface area (TPSA) is 66.4 Å². The molecule has 41 heavy (non-hydrogen) atoms. The van der Waals surface area contributed by atoms with E-state index in [0.29, 0.717) is 19.8 Å². The molecule has 0 amide bonds. The van der Waals surface area contributed by atoms with Gasteiger partial charge in [-0.25, -0.2) is 0 Å². The summed E-state index contributed by atoms with van der Waals surface area (Å²) in [5.74, 6) is 0.788. The molecule has 0 saturated carbocycles. The van der Waals surface area contributed by atoms with Crippen LogP contribution in [-0.2, 0) is 38.8 Å². The van der Waals surface area contributed by atoms with Crippen molar-refractivity contribution < 1.29 is 28.8 Å². The van der Waals surface area contributed by atoms with Crippen LogP contribution >= 0.6 is 11.8 Å². The molecular weight excluding hydrogens is 536 g/mol. The van der Waals surface area contributed by atoms with E-state index in [2.05, 4.69) is 0 Å². The fourth-order valence-electron chi connectivity index (χ4n) is 4.77. The second-order valence-electron chi connectivity index (χ2n) is 9.80. The monoisotopic (exact) mass is 572 g/mol. The summed E-state index contributed by atoms with van der Waals surface area (Å²) in [7, 11) is 1.65. The first-order valence-electron chi connectivity index (χ1n) is 13.8. The molecule has 5 atom stereocenters. The van der Waals surface area contributed by atoms with Crippen LogP contribution in [0.1, 0.15) is 16.7 Å². The van der Waals surface area contributed by atoms with Crippen LogP contribution in [0.4, 0.5) is 0 Å². The predicted octanol–water partition coefficient (Wildman–Crippen LogP) is 6.26. The Bertz CT molecular complexity index is 1290. The summed E-state index contributed by atoms with van der Waals surface area (Å²) in [5, 5.41) is 10.5. The molecule has 1 aliphatic rings. The molecule has 1 saturated heterocycles. The molecule has 4 aromatic carbocycles. The lowest BCUT2D eigenvalue weighted by Gasteiger charge is -2.45. The van der Waals surface area contributed by atoms with Gasteiger partial charge in [-0.2, -0.15) is 0 Å². The number of ether oxygens (including phenoxy) is 5. The van der Waals surface area contributed by atoms with Gasteiger partial charge in [-0.15, -0.1) is 0 Å². The van der Waals surface area contributed by atoms with Gasteiger partial charge in [0.1, 0.15) is 35.6 Å². The summed E-state index contributed by atoms with van der Waals surface area (Å²) in [6, 6.07) is 37.9. The highest BCUT2D eigenvalue weighted by molar-refractivity contribution is 7.99. The summed E-state index contributed by atoms with van der Waals surface area (Å²) in [6.07, 6.45) is -2.15. The van der Waals surface area contributed by atoms with Crippen molar-refractivity contribution in [3.63, 3.8) is 0 Å². The van der Waals surface area contributed by atoms with Crippen LogP contribution < -0.4 is 4.74 Å². The van der Waals surface area contributed by atoms with E-state index in [4.69, 9.17) is 23.7 Å². The maximum absolute atomic E-state index is 10.5. The van der Waals surface area contributed by atoms with Gasteiger partial charge in [0.05, 0.1) is 33.5 Å². The van der Waals surface area contributed by atoms with Gasteiger partial charge in [-0.1, -0.05) is 103 Å². The van der Waals surface area contributed by atoms with Crippen molar-refractivity contribution in [2.75, 3.05) is 13.7 Å². The van der Waals surface area contributed by atoms with Crippen molar-refractivity contribution in [3.8, 4) is 5.75 Å². The van der Waals surface area contributed by atoms with Crippen molar-refractivity contribution in [1.29, 1.82) is 0 Å². The van der Waals surface area contributed by atoms with Crippen molar-refractivity contribution in [2.24, 2.45) is 0 Å². The van der Waals surface area contributed by atoms with Crippen LogP contribution in [0.25, 0.3) is 0 Å². The van der Waals surface area contributed by atoms with Gasteiger partial charge in [0, 0.05) is 4.90 Å². The van der Waals surface area contributed by atoms with Gasteiger partial charge in [-0.3, -0.25) is 0 Å². The molecule has 1 aliphatic heterocycles. The maximum atomic E-state index is 10.5. The van der Waals surface area contributed by atoms with Crippen LogP contribution in [0.5, 0.6) is 5.75 Å². The number of rotatable bonds is 13. The molecule has 1 N–H and O–H groups in total. The van der Waals surface area contributed by atoms with Gasteiger partial charge >= 0.3 is 0 Å². The molecule has 4 aromatic rings. The first-order chi connectivity index (χ1) is 20.2. The summed E-state index contributed by atoms with van der Waals surface area (Å²) in [4.78, 5) is 1.04. The van der Waals surface area contributed by atoms with Gasteiger partial charge in [0.15, 0.2) is 0 Å². The summed E-state index contributed by atoms with van der Waals surface area (Å²) < 4.78 is 31.6. The smallest absolute Gasteiger partial charge is 0.137 e. The second kappa shape index (κ2) is 15.2. The Morgan fingerprint density at radius 1 is 0.610 bits per heavy atom. The number of aliphatic hydroxyl groups is 1. The summed E-state index contributed by atoms with van der Waals surface area (Å²) in [6.45, 7) is 0.879. The van der Waals surface area contributed by atoms with Crippen LogP contribution in [0.3, 0.4) is 0 Å². The Morgan fingerprint density at radius 3 is 1.63 bits per heavy atom. The molecule has 0 aliphatic carbocycles. The minimum atomic E-state index is -0.596. The Labute approximate surface area is 246 Å². The zero-order chi connectivity index (χ0) is 28.3. The lowest BCUT2D eigenvalue weighted by Crippen LogP contribution is -2.60. The van der Waals surface area contributed by atoms with E-state index in [1.54, 1.807) is 18.9 Å². The molecule has 0 bridgehead atoms. The van der Waals surface area contributed by atoms with E-state index in [-0.39, 0.29) is 6.61 Å². The third-order valence-electron chi connectivity index (χ3n) is 6.94. The molecule has 7 heteroatoms. The minimum absolute atomic E-state index is 0.207. The van der Waals surface area contributed by atoms with Gasteiger partial charge in [0.2, 0.25) is 0 Å². The average molecular weight is 573 g/mol. The first-order valence-corrected chi connectivity index (χ1v) is 14.6. The highest BCUT2D eigenvalue weighted by Gasteiger charge is 2.48. The number of aliphatic hydroxyl groups excluding tert-OH is 1. The standard InChI is InChI=1S/C34H36O6S/c1-36-28-19-17-27(18-20-28)24-39-33-32(38-23-26-13-7-3-8-14-26)31(37-22-25-11-5-2-6-12-25)30(21-35)40-34(33)41-29-15-9-4-10-16-29/h2-20,30-35H,21-24H2,1H3/t30-,31-,32+,33+,34-/m1/s1. The highest BCUT2D eigenvalue weighted by Crippen LogP contribution is 2.38. The van der Waals surface area contributed by atoms with Crippen LogP contribution in [0.15, 0.2) is 120 Å². The first kappa shape index (κ1) is 29.3. The molecule has 0 aromatic heterocycles. The molecule has 0 spiro atoms. The Kier molecular flexibility index (Phi) is 10.9. The highest BCUT2D eigenvalue weighted by atomic mass is 32.2. The van der Waals surface area contributed by atoms with E-state index in [1.165, 1.54) is 0 Å². The maximum Gasteiger partial charge on any atom is 0.137 e. The van der Waals surface area contributed by atoms with Crippen molar-refractivity contribution in [1.82, 2.24) is 0 Å². The van der Waals surface area contributed by atoms with Crippen LogP contribution in [0, 0.1) is 0 Å². The minimum Gasteiger partial charge on any atom is -0.497 e. The van der Waals surface area contributed by atoms with E-state index >= 15 is 0 Å². The molecule has 6 nitrogen and oxygen atoms in total. The summed E-state index contributed by atoms with van der Waals surface area (Å²) >= 11 is 1.56. The largest absolute Gasteiger partial charge is 0.497 e. The Hall–Kier alpha value is -3.17. The number of hydrogen-bond donors (Lipinski definition) is 1. The molecule has 1 fully saturated rings. The zero-order valence-corrected chi connectivity index (χ0v) is 23.9. The number of thioether (sulfide) groups is 1. The third-order valence-corrected chi connectivity index (χ3v) is 8.09. The number of hydrogen-bond acceptors (Lipinski definition) is 7. The molecular formula is C34H36O6S. The average Bonchev–Trinajstić information content (AvgIpc) is 3.04. The zero-order valence-electron chi connectivity index (χ0n) is 23.1. The third kappa shape index (κ3) is 8.20. The van der Waals surface area contributed by atoms with Crippen molar-refractivity contribution in [2.45, 2.75) is 54.6 Å². The Morgan fingerprint density at radius 2 is 1.10 bits per heavy atom. The fraction of sp³-hybridized carbons (Fsp3) is 0.294. The van der Waals surface area contributed by atoms with E-state index in [0.717, 1.165) is 27.3 Å². The lowest BCUT2D eigenvalue weighted by atomic mass is 9.99. The molecule has 0 unspecified atom stereocenters. The molecule has 0 radical (unpaired) electrons. The van der Waals surface area contributed by atoms with Crippen LogP contribution in [-0.4, -0.2) is 48.7 Å². The van der Waals surface area contributed by atoms with Crippen LogP contribution in [0.2, 0.25) is 0 Å². The van der Waals surface area contributed by atoms with Gasteiger partial charge in [-0.05, 0) is 41.0 Å². The normalized spacial score (nSPS) is 22.3. The van der Waals surface area contributed by atoms with E-state index in [9.17, 15) is 5.11 Å². The molecule has 1 heterocycles. The summed E-state index contributed by atoms with van der Waals surface area (Å²) in [5.41, 5.74) is 2.64. The lowest BCUT2D eigenvalue weighted by molar-refractivity contribution is -0.251. The number of benzene rings is 4. The Balaban J connectivity index is 1.43. The predicted molar refractivity (Wildman–Crippen MR) is 160 cm³/mol. The SMILES string of the molecule is COc1ccc(CO[C@H]2[C@@H](OCc3ccccc3)[C@H](OCc3ccccc3)[C@@H](CO)O[C@@H]2Sc2ccccc2)cc1. The second-order valence-corrected chi connectivity index (χ2v) is 11.0. The van der Waals surface area contributed by atoms with Gasteiger partial charge in [0.25, 0.3) is 0 Å². The van der Waals surface area contributed by atoms with E-state index in [1.807, 2.05) is 115 Å².